The average molecular weight is 505 g/mol. The van der Waals surface area contributed by atoms with Crippen LogP contribution in [0.1, 0.15) is 37.9 Å². The zero-order chi connectivity index (χ0) is 26.4. The number of benzene rings is 2. The molecule has 0 N–H and O–H groups in total. The van der Waals surface area contributed by atoms with Gasteiger partial charge in [-0.05, 0) is 54.5 Å². The molecular weight excluding hydrogens is 468 g/mol. The number of methoxy groups -OCH3 is 1. The third kappa shape index (κ3) is 6.06. The predicted molar refractivity (Wildman–Crippen MR) is 142 cm³/mol. The van der Waals surface area contributed by atoms with Gasteiger partial charge in [0.1, 0.15) is 12.3 Å². The first kappa shape index (κ1) is 26.5. The Kier molecular flexibility index (Phi) is 8.68. The second-order valence-corrected chi connectivity index (χ2v) is 9.40. The van der Waals surface area contributed by atoms with E-state index in [2.05, 4.69) is 70.0 Å². The Bertz CT molecular complexity index is 1190. The van der Waals surface area contributed by atoms with Gasteiger partial charge in [-0.3, -0.25) is 14.6 Å². The molecule has 3 aromatic rings. The number of hydrogen-bond donors (Lipinski definition) is 0. The van der Waals surface area contributed by atoms with Crippen molar-refractivity contribution in [2.75, 3.05) is 33.4 Å². The lowest BCUT2D eigenvalue weighted by Crippen LogP contribution is -2.57. The smallest absolute Gasteiger partial charge is 0.327 e. The average Bonchev–Trinajstić information content (AvgIpc) is 3.35. The number of hydrogen-bond acceptors (Lipinski definition) is 8. The molecule has 1 saturated heterocycles. The SMILES string of the molecule is C=CCN1C[C@H](C)N([C@H](c2ccc(-c3nnnn3CC(=O)OCC)cc2)c2cccc(OC)c2)C[C@H]1C. The highest BCUT2D eigenvalue weighted by molar-refractivity contribution is 5.70. The molecule has 0 amide bonds. The van der Waals surface area contributed by atoms with E-state index in [-0.39, 0.29) is 18.6 Å². The van der Waals surface area contributed by atoms with Gasteiger partial charge >= 0.3 is 5.97 Å². The number of nitrogens with zero attached hydrogens (tertiary/aromatic N) is 6. The van der Waals surface area contributed by atoms with Crippen molar-refractivity contribution in [3.63, 3.8) is 0 Å². The summed E-state index contributed by atoms with van der Waals surface area (Å²) in [6.07, 6.45) is 1.98. The Morgan fingerprint density at radius 3 is 2.62 bits per heavy atom. The fourth-order valence-electron chi connectivity index (χ4n) is 5.05. The van der Waals surface area contributed by atoms with Gasteiger partial charge in [-0.1, -0.05) is 42.5 Å². The number of esters is 1. The molecule has 2 heterocycles. The molecule has 3 atom stereocenters. The summed E-state index contributed by atoms with van der Waals surface area (Å²) in [7, 11) is 1.70. The van der Waals surface area contributed by atoms with Gasteiger partial charge in [0.05, 0.1) is 19.8 Å². The molecule has 2 aromatic carbocycles. The largest absolute Gasteiger partial charge is 0.497 e. The zero-order valence-electron chi connectivity index (χ0n) is 22.1. The molecular formula is C28H36N6O3. The van der Waals surface area contributed by atoms with Gasteiger partial charge in [0.2, 0.25) is 0 Å². The fourth-order valence-corrected chi connectivity index (χ4v) is 5.05. The van der Waals surface area contributed by atoms with Crippen LogP contribution in [0, 0.1) is 0 Å². The molecule has 4 rings (SSSR count). The molecule has 0 spiro atoms. The first-order valence-electron chi connectivity index (χ1n) is 12.7. The summed E-state index contributed by atoms with van der Waals surface area (Å²) in [6.45, 7) is 13.3. The summed E-state index contributed by atoms with van der Waals surface area (Å²) in [5, 5.41) is 11.9. The second-order valence-electron chi connectivity index (χ2n) is 9.40. The van der Waals surface area contributed by atoms with Crippen LogP contribution in [-0.4, -0.2) is 81.4 Å². The maximum Gasteiger partial charge on any atom is 0.327 e. The Balaban J connectivity index is 1.67. The van der Waals surface area contributed by atoms with Crippen molar-refractivity contribution in [2.45, 2.75) is 45.4 Å². The van der Waals surface area contributed by atoms with E-state index in [9.17, 15) is 4.79 Å². The van der Waals surface area contributed by atoms with E-state index >= 15 is 0 Å². The lowest BCUT2D eigenvalue weighted by molar-refractivity contribution is -0.144. The highest BCUT2D eigenvalue weighted by atomic mass is 16.5. The molecule has 0 aliphatic carbocycles. The summed E-state index contributed by atoms with van der Waals surface area (Å²) in [4.78, 5) is 17.0. The number of ether oxygens (including phenoxy) is 2. The Morgan fingerprint density at radius 2 is 1.92 bits per heavy atom. The predicted octanol–water partition coefficient (Wildman–Crippen LogP) is 3.58. The highest BCUT2D eigenvalue weighted by Crippen LogP contribution is 2.35. The van der Waals surface area contributed by atoms with Gasteiger partial charge in [0.15, 0.2) is 5.82 Å². The summed E-state index contributed by atoms with van der Waals surface area (Å²) in [6, 6.07) is 17.3. The van der Waals surface area contributed by atoms with E-state index in [1.807, 2.05) is 30.3 Å². The molecule has 1 aromatic heterocycles. The van der Waals surface area contributed by atoms with E-state index in [4.69, 9.17) is 9.47 Å². The molecule has 0 bridgehead atoms. The van der Waals surface area contributed by atoms with Gasteiger partial charge in [0, 0.05) is 37.3 Å². The topological polar surface area (TPSA) is 85.6 Å². The van der Waals surface area contributed by atoms with Crippen molar-refractivity contribution in [2.24, 2.45) is 0 Å². The number of rotatable bonds is 10. The van der Waals surface area contributed by atoms with E-state index in [0.717, 1.165) is 36.5 Å². The zero-order valence-corrected chi connectivity index (χ0v) is 22.1. The van der Waals surface area contributed by atoms with Crippen molar-refractivity contribution < 1.29 is 14.3 Å². The maximum absolute atomic E-state index is 12.0. The maximum atomic E-state index is 12.0. The second kappa shape index (κ2) is 12.1. The summed E-state index contributed by atoms with van der Waals surface area (Å²) >= 11 is 0. The van der Waals surface area contributed by atoms with E-state index in [1.54, 1.807) is 14.0 Å². The van der Waals surface area contributed by atoms with Crippen LogP contribution in [0.2, 0.25) is 0 Å². The van der Waals surface area contributed by atoms with E-state index in [1.165, 1.54) is 10.2 Å². The summed E-state index contributed by atoms with van der Waals surface area (Å²) < 4.78 is 12.1. The third-order valence-corrected chi connectivity index (χ3v) is 6.87. The van der Waals surface area contributed by atoms with Crippen molar-refractivity contribution >= 4 is 5.97 Å². The molecule has 0 radical (unpaired) electrons. The van der Waals surface area contributed by atoms with Crippen molar-refractivity contribution in [1.82, 2.24) is 30.0 Å². The minimum Gasteiger partial charge on any atom is -0.497 e. The van der Waals surface area contributed by atoms with E-state index in [0.29, 0.717) is 24.5 Å². The van der Waals surface area contributed by atoms with Crippen LogP contribution in [0.3, 0.4) is 0 Å². The molecule has 1 fully saturated rings. The number of tetrazole rings is 1. The van der Waals surface area contributed by atoms with Gasteiger partial charge in [-0.2, -0.15) is 0 Å². The summed E-state index contributed by atoms with van der Waals surface area (Å²) in [5.74, 6) is 0.991. The molecule has 0 saturated carbocycles. The first-order valence-corrected chi connectivity index (χ1v) is 12.7. The Morgan fingerprint density at radius 1 is 1.14 bits per heavy atom. The molecule has 196 valence electrons. The molecule has 1 aliphatic heterocycles. The normalized spacial score (nSPS) is 19.4. The van der Waals surface area contributed by atoms with Gasteiger partial charge in [-0.25, -0.2) is 4.68 Å². The molecule has 9 nitrogen and oxygen atoms in total. The standard InChI is InChI=1S/C28H36N6O3/c1-6-15-32-17-21(4)33(18-20(32)3)27(24-9-8-10-25(16-24)36-5)22-11-13-23(14-12-22)28-29-30-31-34(28)19-26(35)37-7-2/h6,8-14,16,20-21,27H,1,7,15,17-19H2,2-5H3/t20-,21+,27-/m1/s1. The minimum atomic E-state index is -0.371. The van der Waals surface area contributed by atoms with Gasteiger partial charge < -0.3 is 9.47 Å². The summed E-state index contributed by atoms with van der Waals surface area (Å²) in [5.41, 5.74) is 3.17. The van der Waals surface area contributed by atoms with Crippen LogP contribution in [0.5, 0.6) is 5.75 Å². The lowest BCUT2D eigenvalue weighted by atomic mass is 9.92. The Hall–Kier alpha value is -3.56. The minimum absolute atomic E-state index is 0.0330. The highest BCUT2D eigenvalue weighted by Gasteiger charge is 2.34. The van der Waals surface area contributed by atoms with Gasteiger partial charge in [-0.15, -0.1) is 11.7 Å². The molecule has 0 unspecified atom stereocenters. The Labute approximate surface area is 218 Å². The van der Waals surface area contributed by atoms with Crippen molar-refractivity contribution in [1.29, 1.82) is 0 Å². The van der Waals surface area contributed by atoms with Crippen LogP contribution >= 0.6 is 0 Å². The van der Waals surface area contributed by atoms with Crippen LogP contribution in [0.15, 0.2) is 61.2 Å². The van der Waals surface area contributed by atoms with Crippen molar-refractivity contribution in [3.8, 4) is 17.1 Å². The van der Waals surface area contributed by atoms with Crippen molar-refractivity contribution in [3.05, 3.63) is 72.3 Å². The fraction of sp³-hybridized carbons (Fsp3) is 0.429. The molecule has 1 aliphatic rings. The monoisotopic (exact) mass is 504 g/mol. The van der Waals surface area contributed by atoms with Crippen LogP contribution in [0.4, 0.5) is 0 Å². The number of aromatic nitrogens is 4. The number of piperazine rings is 1. The van der Waals surface area contributed by atoms with Crippen LogP contribution in [-0.2, 0) is 16.1 Å². The molecule has 9 heteroatoms. The first-order chi connectivity index (χ1) is 17.9. The number of carbonyl (C=O) groups is 1. The van der Waals surface area contributed by atoms with Gasteiger partial charge in [0.25, 0.3) is 0 Å². The lowest BCUT2D eigenvalue weighted by Gasteiger charge is -2.47. The van der Waals surface area contributed by atoms with Crippen LogP contribution < -0.4 is 4.74 Å². The molecule has 37 heavy (non-hydrogen) atoms. The van der Waals surface area contributed by atoms with E-state index < -0.39 is 0 Å². The third-order valence-electron chi connectivity index (χ3n) is 6.87. The number of carbonyl (C=O) groups excluding carboxylic acids is 1. The van der Waals surface area contributed by atoms with Crippen LogP contribution in [0.25, 0.3) is 11.4 Å². The quantitative estimate of drug-likeness (QED) is 0.306.